The molecule has 0 spiro atoms. The number of benzene rings is 1. The predicted octanol–water partition coefficient (Wildman–Crippen LogP) is 2.19. The summed E-state index contributed by atoms with van der Waals surface area (Å²) in [5.41, 5.74) is 5.93. The quantitative estimate of drug-likeness (QED) is 0.862. The largest absolute Gasteiger partial charge is 0.382 e. The summed E-state index contributed by atoms with van der Waals surface area (Å²) in [4.78, 5) is 19.8. The Morgan fingerprint density at radius 1 is 1.29 bits per heavy atom. The van der Waals surface area contributed by atoms with Crippen molar-refractivity contribution in [3.05, 3.63) is 52.1 Å². The molecule has 2 N–H and O–H groups in total. The van der Waals surface area contributed by atoms with Gasteiger partial charge in [0.25, 0.3) is 0 Å². The SMILES string of the molecule is Nc1ncc(Br)nc1C(=O)c1ccc(F)cc1. The van der Waals surface area contributed by atoms with Crippen molar-refractivity contribution in [1.29, 1.82) is 0 Å². The molecule has 2 aromatic rings. The standard InChI is InChI=1S/C11H7BrFN3O/c12-8-5-15-11(14)9(16-8)10(17)6-1-3-7(13)4-2-6/h1-5H,(H2,14,15). The van der Waals surface area contributed by atoms with Crippen LogP contribution in [0.2, 0.25) is 0 Å². The Morgan fingerprint density at radius 3 is 2.59 bits per heavy atom. The van der Waals surface area contributed by atoms with Gasteiger partial charge in [0, 0.05) is 5.56 Å². The average Bonchev–Trinajstić information content (AvgIpc) is 2.32. The van der Waals surface area contributed by atoms with Crippen LogP contribution in [0.25, 0.3) is 0 Å². The van der Waals surface area contributed by atoms with E-state index in [1.165, 1.54) is 30.5 Å². The molecule has 17 heavy (non-hydrogen) atoms. The van der Waals surface area contributed by atoms with Gasteiger partial charge < -0.3 is 5.73 Å². The lowest BCUT2D eigenvalue weighted by atomic mass is 10.1. The Morgan fingerprint density at radius 2 is 1.94 bits per heavy atom. The lowest BCUT2D eigenvalue weighted by Crippen LogP contribution is -2.09. The van der Waals surface area contributed by atoms with Crippen molar-refractivity contribution in [2.75, 3.05) is 5.73 Å². The monoisotopic (exact) mass is 295 g/mol. The lowest BCUT2D eigenvalue weighted by Gasteiger charge is -2.03. The van der Waals surface area contributed by atoms with E-state index in [0.717, 1.165) is 0 Å². The molecule has 86 valence electrons. The van der Waals surface area contributed by atoms with Crippen molar-refractivity contribution in [3.63, 3.8) is 0 Å². The summed E-state index contributed by atoms with van der Waals surface area (Å²) in [5, 5.41) is 0. The fraction of sp³-hybridized carbons (Fsp3) is 0. The number of rotatable bonds is 2. The van der Waals surface area contributed by atoms with Gasteiger partial charge in [-0.1, -0.05) is 0 Å². The van der Waals surface area contributed by atoms with Gasteiger partial charge in [-0.25, -0.2) is 14.4 Å². The first-order valence-electron chi connectivity index (χ1n) is 4.66. The summed E-state index contributed by atoms with van der Waals surface area (Å²) in [7, 11) is 0. The van der Waals surface area contributed by atoms with Crippen molar-refractivity contribution < 1.29 is 9.18 Å². The normalized spacial score (nSPS) is 10.2. The van der Waals surface area contributed by atoms with Crippen LogP contribution in [0.5, 0.6) is 0 Å². The summed E-state index contributed by atoms with van der Waals surface area (Å²) >= 11 is 3.11. The van der Waals surface area contributed by atoms with Crippen LogP contribution in [-0.2, 0) is 0 Å². The predicted molar refractivity (Wildman–Crippen MR) is 64.0 cm³/mol. The highest BCUT2D eigenvalue weighted by Crippen LogP contribution is 2.15. The van der Waals surface area contributed by atoms with Gasteiger partial charge in [0.15, 0.2) is 11.5 Å². The van der Waals surface area contributed by atoms with Gasteiger partial charge in [-0.3, -0.25) is 4.79 Å². The minimum Gasteiger partial charge on any atom is -0.382 e. The van der Waals surface area contributed by atoms with E-state index in [-0.39, 0.29) is 11.5 Å². The van der Waals surface area contributed by atoms with E-state index in [9.17, 15) is 9.18 Å². The van der Waals surface area contributed by atoms with Crippen molar-refractivity contribution in [3.8, 4) is 0 Å². The molecule has 0 aliphatic rings. The van der Waals surface area contributed by atoms with Crippen LogP contribution in [-0.4, -0.2) is 15.8 Å². The van der Waals surface area contributed by atoms with E-state index in [1.807, 2.05) is 0 Å². The molecule has 1 heterocycles. The second-order valence-electron chi connectivity index (χ2n) is 3.26. The number of aromatic nitrogens is 2. The third-order valence-electron chi connectivity index (χ3n) is 2.09. The molecule has 1 aromatic heterocycles. The Labute approximate surface area is 105 Å². The van der Waals surface area contributed by atoms with Crippen LogP contribution < -0.4 is 5.73 Å². The molecule has 0 saturated carbocycles. The first kappa shape index (κ1) is 11.7. The fourth-order valence-corrected chi connectivity index (χ4v) is 1.56. The van der Waals surface area contributed by atoms with E-state index in [1.54, 1.807) is 0 Å². The molecule has 0 aliphatic heterocycles. The zero-order valence-corrected chi connectivity index (χ0v) is 10.1. The van der Waals surface area contributed by atoms with E-state index >= 15 is 0 Å². The molecule has 0 fully saturated rings. The van der Waals surface area contributed by atoms with Gasteiger partial charge in [-0.15, -0.1) is 0 Å². The van der Waals surface area contributed by atoms with Crippen LogP contribution in [0.15, 0.2) is 35.1 Å². The zero-order chi connectivity index (χ0) is 12.4. The molecule has 0 atom stereocenters. The Balaban J connectivity index is 2.43. The molecule has 0 radical (unpaired) electrons. The number of nitrogen functional groups attached to an aromatic ring is 1. The highest BCUT2D eigenvalue weighted by molar-refractivity contribution is 9.10. The molecule has 2 rings (SSSR count). The smallest absolute Gasteiger partial charge is 0.215 e. The second-order valence-corrected chi connectivity index (χ2v) is 4.08. The van der Waals surface area contributed by atoms with Crippen LogP contribution in [0.3, 0.4) is 0 Å². The van der Waals surface area contributed by atoms with Gasteiger partial charge >= 0.3 is 0 Å². The summed E-state index contributed by atoms with van der Waals surface area (Å²) in [6.45, 7) is 0. The second kappa shape index (κ2) is 4.58. The van der Waals surface area contributed by atoms with E-state index in [0.29, 0.717) is 10.2 Å². The Kier molecular flexibility index (Phi) is 3.14. The number of halogens is 2. The van der Waals surface area contributed by atoms with Crippen molar-refractivity contribution in [1.82, 2.24) is 9.97 Å². The highest BCUT2D eigenvalue weighted by Gasteiger charge is 2.15. The lowest BCUT2D eigenvalue weighted by molar-refractivity contribution is 0.103. The maximum absolute atomic E-state index is 12.7. The number of nitrogens with zero attached hydrogens (tertiary/aromatic N) is 2. The minimum absolute atomic E-state index is 0.0440. The Bertz CT molecular complexity index is 571. The van der Waals surface area contributed by atoms with Gasteiger partial charge in [-0.2, -0.15) is 0 Å². The third kappa shape index (κ3) is 2.47. The number of ketones is 1. The summed E-state index contributed by atoms with van der Waals surface area (Å²) in [6, 6.07) is 5.16. The molecular formula is C11H7BrFN3O. The number of carbonyl (C=O) groups excluding carboxylic acids is 1. The number of nitrogens with two attached hydrogens (primary N) is 1. The van der Waals surface area contributed by atoms with E-state index in [2.05, 4.69) is 25.9 Å². The van der Waals surface area contributed by atoms with Crippen LogP contribution >= 0.6 is 15.9 Å². The maximum Gasteiger partial charge on any atom is 0.215 e. The first-order chi connectivity index (χ1) is 8.08. The Hall–Kier alpha value is -1.82. The van der Waals surface area contributed by atoms with E-state index in [4.69, 9.17) is 5.73 Å². The topological polar surface area (TPSA) is 68.9 Å². The molecule has 0 aliphatic carbocycles. The van der Waals surface area contributed by atoms with Gasteiger partial charge in [-0.05, 0) is 40.2 Å². The summed E-state index contributed by atoms with van der Waals surface area (Å²) < 4.78 is 13.1. The van der Waals surface area contributed by atoms with Crippen molar-refractivity contribution in [2.24, 2.45) is 0 Å². The molecule has 0 bridgehead atoms. The first-order valence-corrected chi connectivity index (χ1v) is 5.45. The van der Waals surface area contributed by atoms with Gasteiger partial charge in [0.2, 0.25) is 5.78 Å². The highest BCUT2D eigenvalue weighted by atomic mass is 79.9. The van der Waals surface area contributed by atoms with Gasteiger partial charge in [0.05, 0.1) is 6.20 Å². The van der Waals surface area contributed by atoms with Gasteiger partial charge in [0.1, 0.15) is 10.4 Å². The molecule has 0 amide bonds. The minimum atomic E-state index is -0.408. The van der Waals surface area contributed by atoms with Crippen molar-refractivity contribution in [2.45, 2.75) is 0 Å². The molecule has 6 heteroatoms. The van der Waals surface area contributed by atoms with Crippen LogP contribution in [0.1, 0.15) is 16.1 Å². The summed E-state index contributed by atoms with van der Waals surface area (Å²) in [5.74, 6) is -0.756. The number of hydrogen-bond donors (Lipinski definition) is 1. The third-order valence-corrected chi connectivity index (χ3v) is 2.47. The number of carbonyl (C=O) groups is 1. The number of anilines is 1. The fourth-order valence-electron chi connectivity index (χ4n) is 1.28. The zero-order valence-electron chi connectivity index (χ0n) is 8.52. The van der Waals surface area contributed by atoms with Crippen LogP contribution in [0, 0.1) is 5.82 Å². The average molecular weight is 296 g/mol. The molecule has 0 saturated heterocycles. The van der Waals surface area contributed by atoms with Crippen LogP contribution in [0.4, 0.5) is 10.2 Å². The van der Waals surface area contributed by atoms with E-state index < -0.39 is 11.6 Å². The molecular weight excluding hydrogens is 289 g/mol. The van der Waals surface area contributed by atoms with Crippen molar-refractivity contribution >= 4 is 27.5 Å². The maximum atomic E-state index is 12.7. The summed E-state index contributed by atoms with van der Waals surface area (Å²) in [6.07, 6.45) is 1.40. The molecule has 4 nitrogen and oxygen atoms in total. The molecule has 0 unspecified atom stereocenters. The molecule has 1 aromatic carbocycles. The number of hydrogen-bond acceptors (Lipinski definition) is 4.